The quantitative estimate of drug-likeness (QED) is 0.620. The maximum absolute atomic E-state index is 12.7. The molecule has 0 saturated heterocycles. The fourth-order valence-corrected chi connectivity index (χ4v) is 2.40. The summed E-state index contributed by atoms with van der Waals surface area (Å²) in [4.78, 5) is 48.4. The molecular weight excluding hydrogens is 326 g/mol. The summed E-state index contributed by atoms with van der Waals surface area (Å²) >= 11 is 0. The summed E-state index contributed by atoms with van der Waals surface area (Å²) in [6.07, 6.45) is -0.124. The van der Waals surface area contributed by atoms with Gasteiger partial charge in [-0.1, -0.05) is 30.3 Å². The third kappa shape index (κ3) is 6.25. The molecule has 0 spiro atoms. The Morgan fingerprint density at radius 2 is 1.80 bits per heavy atom. The molecule has 2 atom stereocenters. The van der Waals surface area contributed by atoms with E-state index in [4.69, 9.17) is 10.5 Å². The number of amides is 3. The van der Waals surface area contributed by atoms with Gasteiger partial charge in [0.15, 0.2) is 0 Å². The highest BCUT2D eigenvalue weighted by molar-refractivity contribution is 5.93. The number of carbonyl (C=O) groups excluding carboxylic acids is 4. The molecule has 136 valence electrons. The average molecular weight is 349 g/mol. The molecule has 3 N–H and O–H groups in total. The molecule has 8 heteroatoms. The molecule has 1 aromatic carbocycles. The molecule has 0 aliphatic carbocycles. The number of rotatable bonds is 8. The Morgan fingerprint density at radius 1 is 1.20 bits per heavy atom. The van der Waals surface area contributed by atoms with Crippen molar-refractivity contribution in [1.82, 2.24) is 10.2 Å². The lowest BCUT2D eigenvalue weighted by atomic mass is 10.0. The third-order valence-electron chi connectivity index (χ3n) is 3.64. The SMILES string of the molecule is COC(=O)[C@H](Cc1ccccc1)N(C)C(=O)[C@H](CC(N)=O)NC(C)=O. The molecular formula is C17H23N3O5. The third-order valence-corrected chi connectivity index (χ3v) is 3.64. The maximum Gasteiger partial charge on any atom is 0.328 e. The fraction of sp³-hybridized carbons (Fsp3) is 0.412. The molecule has 0 heterocycles. The first-order chi connectivity index (χ1) is 11.8. The lowest BCUT2D eigenvalue weighted by Gasteiger charge is -2.29. The highest BCUT2D eigenvalue weighted by Gasteiger charge is 2.33. The van der Waals surface area contributed by atoms with Gasteiger partial charge in [0.05, 0.1) is 13.5 Å². The van der Waals surface area contributed by atoms with Crippen LogP contribution in [0.5, 0.6) is 0 Å². The second-order valence-electron chi connectivity index (χ2n) is 5.60. The number of nitrogens with one attached hydrogen (secondary N) is 1. The van der Waals surface area contributed by atoms with Crippen molar-refractivity contribution in [1.29, 1.82) is 0 Å². The van der Waals surface area contributed by atoms with Crippen LogP contribution in [0.4, 0.5) is 0 Å². The van der Waals surface area contributed by atoms with Gasteiger partial charge in [0.25, 0.3) is 0 Å². The molecule has 0 bridgehead atoms. The Kier molecular flexibility index (Phi) is 7.58. The van der Waals surface area contributed by atoms with Gasteiger partial charge in [0.2, 0.25) is 17.7 Å². The number of ether oxygens (including phenoxy) is 1. The topological polar surface area (TPSA) is 119 Å². The minimum Gasteiger partial charge on any atom is -0.467 e. The van der Waals surface area contributed by atoms with Crippen LogP contribution in [-0.2, 0) is 30.3 Å². The van der Waals surface area contributed by atoms with E-state index in [-0.39, 0.29) is 12.8 Å². The van der Waals surface area contributed by atoms with Crippen LogP contribution < -0.4 is 11.1 Å². The van der Waals surface area contributed by atoms with Gasteiger partial charge in [-0.25, -0.2) is 4.79 Å². The number of hydrogen-bond donors (Lipinski definition) is 2. The lowest BCUT2D eigenvalue weighted by molar-refractivity contribution is -0.152. The van der Waals surface area contributed by atoms with Crippen LogP contribution in [0, 0.1) is 0 Å². The van der Waals surface area contributed by atoms with Gasteiger partial charge >= 0.3 is 5.97 Å². The summed E-state index contributed by atoms with van der Waals surface area (Å²) in [5.41, 5.74) is 5.98. The fourth-order valence-electron chi connectivity index (χ4n) is 2.40. The van der Waals surface area contributed by atoms with Crippen LogP contribution in [0.25, 0.3) is 0 Å². The van der Waals surface area contributed by atoms with Gasteiger partial charge < -0.3 is 20.7 Å². The number of benzene rings is 1. The number of nitrogens with zero attached hydrogens (tertiary/aromatic N) is 1. The molecule has 0 fully saturated rings. The van der Waals surface area contributed by atoms with Crippen LogP contribution >= 0.6 is 0 Å². The average Bonchev–Trinajstić information content (AvgIpc) is 2.57. The van der Waals surface area contributed by atoms with Crippen molar-refractivity contribution in [2.45, 2.75) is 31.8 Å². The van der Waals surface area contributed by atoms with E-state index in [9.17, 15) is 19.2 Å². The number of nitrogens with two attached hydrogens (primary N) is 1. The summed E-state index contributed by atoms with van der Waals surface area (Å²) < 4.78 is 4.79. The lowest BCUT2D eigenvalue weighted by Crippen LogP contribution is -2.53. The number of primary amides is 1. The first kappa shape index (κ1) is 20.1. The predicted octanol–water partition coefficient (Wildman–Crippen LogP) is -0.391. The smallest absolute Gasteiger partial charge is 0.328 e. The Balaban J connectivity index is 3.02. The van der Waals surface area contributed by atoms with E-state index in [2.05, 4.69) is 5.32 Å². The molecule has 0 unspecified atom stereocenters. The number of methoxy groups -OCH3 is 1. The first-order valence-electron chi connectivity index (χ1n) is 7.70. The molecule has 25 heavy (non-hydrogen) atoms. The molecule has 1 rings (SSSR count). The minimum atomic E-state index is -1.14. The van der Waals surface area contributed by atoms with Gasteiger partial charge in [-0.05, 0) is 5.56 Å². The van der Waals surface area contributed by atoms with Gasteiger partial charge in [-0.3, -0.25) is 14.4 Å². The van der Waals surface area contributed by atoms with Crippen molar-refractivity contribution in [2.24, 2.45) is 5.73 Å². The molecule has 1 aromatic rings. The Morgan fingerprint density at radius 3 is 2.28 bits per heavy atom. The Bertz CT molecular complexity index is 616. The van der Waals surface area contributed by atoms with E-state index < -0.39 is 35.8 Å². The molecule has 0 aliphatic heterocycles. The van der Waals surface area contributed by atoms with E-state index in [0.29, 0.717) is 0 Å². The zero-order chi connectivity index (χ0) is 19.0. The Labute approximate surface area is 146 Å². The number of carbonyl (C=O) groups is 4. The van der Waals surface area contributed by atoms with Crippen LogP contribution in [-0.4, -0.2) is 54.8 Å². The number of esters is 1. The van der Waals surface area contributed by atoms with Crippen molar-refractivity contribution in [3.05, 3.63) is 35.9 Å². The normalized spacial score (nSPS) is 12.6. The van der Waals surface area contributed by atoms with Gasteiger partial charge in [-0.2, -0.15) is 0 Å². The largest absolute Gasteiger partial charge is 0.467 e. The molecule has 0 aromatic heterocycles. The Hall–Kier alpha value is -2.90. The van der Waals surface area contributed by atoms with Crippen LogP contribution in [0.15, 0.2) is 30.3 Å². The maximum atomic E-state index is 12.7. The van der Waals surface area contributed by atoms with Crippen molar-refractivity contribution in [3.8, 4) is 0 Å². The highest BCUT2D eigenvalue weighted by atomic mass is 16.5. The van der Waals surface area contributed by atoms with Gasteiger partial charge in [0, 0.05) is 20.4 Å². The van der Waals surface area contributed by atoms with E-state index in [1.54, 1.807) is 0 Å². The zero-order valence-corrected chi connectivity index (χ0v) is 14.5. The van der Waals surface area contributed by atoms with Crippen molar-refractivity contribution in [3.63, 3.8) is 0 Å². The summed E-state index contributed by atoms with van der Waals surface area (Å²) in [6.45, 7) is 1.23. The second-order valence-corrected chi connectivity index (χ2v) is 5.60. The summed E-state index contributed by atoms with van der Waals surface area (Å²) in [5.74, 6) is -2.41. The molecule has 3 amide bonds. The molecule has 0 aliphatic rings. The number of hydrogen-bond acceptors (Lipinski definition) is 5. The second kappa shape index (κ2) is 9.41. The summed E-state index contributed by atoms with van der Waals surface area (Å²) in [5, 5.41) is 2.38. The first-order valence-corrected chi connectivity index (χ1v) is 7.70. The van der Waals surface area contributed by atoms with E-state index in [1.807, 2.05) is 30.3 Å². The van der Waals surface area contributed by atoms with Crippen molar-refractivity contribution < 1.29 is 23.9 Å². The zero-order valence-electron chi connectivity index (χ0n) is 14.5. The van der Waals surface area contributed by atoms with E-state index >= 15 is 0 Å². The summed E-state index contributed by atoms with van der Waals surface area (Å²) in [6, 6.07) is 7.08. The van der Waals surface area contributed by atoms with Crippen LogP contribution in [0.3, 0.4) is 0 Å². The van der Waals surface area contributed by atoms with E-state index in [0.717, 1.165) is 5.56 Å². The monoisotopic (exact) mass is 349 g/mol. The van der Waals surface area contributed by atoms with Crippen molar-refractivity contribution in [2.75, 3.05) is 14.2 Å². The van der Waals surface area contributed by atoms with E-state index in [1.165, 1.54) is 26.0 Å². The van der Waals surface area contributed by atoms with Crippen LogP contribution in [0.1, 0.15) is 18.9 Å². The molecule has 0 radical (unpaired) electrons. The van der Waals surface area contributed by atoms with Crippen molar-refractivity contribution >= 4 is 23.7 Å². The predicted molar refractivity (Wildman–Crippen MR) is 90.1 cm³/mol. The highest BCUT2D eigenvalue weighted by Crippen LogP contribution is 2.12. The minimum absolute atomic E-state index is 0.235. The van der Waals surface area contributed by atoms with Gasteiger partial charge in [-0.15, -0.1) is 0 Å². The summed E-state index contributed by atoms with van der Waals surface area (Å²) in [7, 11) is 2.65. The van der Waals surface area contributed by atoms with Crippen LogP contribution in [0.2, 0.25) is 0 Å². The molecule has 0 saturated carbocycles. The number of likely N-dealkylation sites (N-methyl/N-ethyl adjacent to an activating group) is 1. The van der Waals surface area contributed by atoms with Gasteiger partial charge in [0.1, 0.15) is 12.1 Å². The molecule has 8 nitrogen and oxygen atoms in total. The standard InChI is InChI=1S/C17H23N3O5/c1-11(21)19-13(10-15(18)22)16(23)20(2)14(17(24)25-3)9-12-7-5-4-6-8-12/h4-8,13-14H,9-10H2,1-3H3,(H2,18,22)(H,19,21)/t13-,14-/m0/s1.